The number of benzene rings is 1. The predicted molar refractivity (Wildman–Crippen MR) is 114 cm³/mol. The van der Waals surface area contributed by atoms with E-state index in [1.54, 1.807) is 0 Å². The van der Waals surface area contributed by atoms with Crippen LogP contribution in [0.1, 0.15) is 62.2 Å². The number of primary amides is 1. The van der Waals surface area contributed by atoms with Crippen molar-refractivity contribution in [2.75, 3.05) is 0 Å². The summed E-state index contributed by atoms with van der Waals surface area (Å²) in [5.74, 6) is -0.930. The van der Waals surface area contributed by atoms with Crippen LogP contribution in [0.4, 0.5) is 4.79 Å². The van der Waals surface area contributed by atoms with Crippen LogP contribution in [0, 0.1) is 11.3 Å². The Kier molecular flexibility index (Phi) is 6.10. The standard InChI is InChI=1S/C23H29N3O4/c1-5-23(3,4)14-10-11-18-16(12-14)19(15-8-6-7-9-17(15)25-18)21(28)30-13(2)20(27)26-22(24)29/h6-9,13-14H,5,10-12H2,1-4H3,(H3,24,26,27,29)/t13-,14-/m1/s1. The van der Waals surface area contributed by atoms with Crippen molar-refractivity contribution in [2.45, 2.75) is 59.5 Å². The largest absolute Gasteiger partial charge is 0.449 e. The van der Waals surface area contributed by atoms with Crippen LogP contribution in [-0.4, -0.2) is 29.0 Å². The summed E-state index contributed by atoms with van der Waals surface area (Å²) >= 11 is 0. The number of carbonyl (C=O) groups excluding carboxylic acids is 3. The molecule has 7 nitrogen and oxygen atoms in total. The molecule has 0 aliphatic heterocycles. The maximum absolute atomic E-state index is 13.2. The first kappa shape index (κ1) is 21.7. The third kappa shape index (κ3) is 4.30. The second kappa shape index (κ2) is 8.42. The number of esters is 1. The van der Waals surface area contributed by atoms with Crippen molar-refractivity contribution in [3.8, 4) is 0 Å². The average Bonchev–Trinajstić information content (AvgIpc) is 2.70. The summed E-state index contributed by atoms with van der Waals surface area (Å²) < 4.78 is 5.43. The van der Waals surface area contributed by atoms with Crippen molar-refractivity contribution in [1.29, 1.82) is 0 Å². The quantitative estimate of drug-likeness (QED) is 0.731. The molecule has 30 heavy (non-hydrogen) atoms. The van der Waals surface area contributed by atoms with Gasteiger partial charge in [-0.15, -0.1) is 0 Å². The van der Waals surface area contributed by atoms with Crippen LogP contribution >= 0.6 is 0 Å². The minimum Gasteiger partial charge on any atom is -0.449 e. The van der Waals surface area contributed by atoms with Gasteiger partial charge in [-0.2, -0.15) is 0 Å². The number of aromatic nitrogens is 1. The summed E-state index contributed by atoms with van der Waals surface area (Å²) in [5, 5.41) is 2.65. The zero-order chi connectivity index (χ0) is 22.1. The number of hydrogen-bond donors (Lipinski definition) is 2. The molecule has 7 heteroatoms. The van der Waals surface area contributed by atoms with E-state index >= 15 is 0 Å². The van der Waals surface area contributed by atoms with Crippen molar-refractivity contribution < 1.29 is 19.1 Å². The molecule has 3 amide bonds. The van der Waals surface area contributed by atoms with Gasteiger partial charge in [0.05, 0.1) is 11.1 Å². The van der Waals surface area contributed by atoms with Gasteiger partial charge in [0.25, 0.3) is 5.91 Å². The van der Waals surface area contributed by atoms with E-state index in [2.05, 4.69) is 20.8 Å². The molecule has 0 saturated carbocycles. The number of para-hydroxylation sites is 1. The summed E-state index contributed by atoms with van der Waals surface area (Å²) in [4.78, 5) is 40.9. The number of carbonyl (C=O) groups is 3. The normalized spacial score (nSPS) is 17.1. The Bertz CT molecular complexity index is 999. The van der Waals surface area contributed by atoms with Gasteiger partial charge in [-0.05, 0) is 49.1 Å². The van der Waals surface area contributed by atoms with E-state index in [-0.39, 0.29) is 5.41 Å². The van der Waals surface area contributed by atoms with E-state index in [1.165, 1.54) is 6.92 Å². The molecule has 2 aromatic rings. The van der Waals surface area contributed by atoms with Gasteiger partial charge >= 0.3 is 12.0 Å². The lowest BCUT2D eigenvalue weighted by atomic mass is 9.68. The Labute approximate surface area is 176 Å². The lowest BCUT2D eigenvalue weighted by Gasteiger charge is -2.37. The highest BCUT2D eigenvalue weighted by molar-refractivity contribution is 6.06. The smallest absolute Gasteiger partial charge is 0.339 e. The number of urea groups is 1. The predicted octanol–water partition coefficient (Wildman–Crippen LogP) is 3.52. The number of imide groups is 1. The minimum absolute atomic E-state index is 0.138. The van der Waals surface area contributed by atoms with Gasteiger partial charge in [-0.1, -0.05) is 45.4 Å². The SMILES string of the molecule is CCC(C)(C)[C@@H]1CCc2nc3ccccc3c(C(=O)O[C@H](C)C(=O)NC(N)=O)c2C1. The molecule has 0 fully saturated rings. The molecule has 160 valence electrons. The van der Waals surface area contributed by atoms with Gasteiger partial charge in [0, 0.05) is 11.1 Å². The monoisotopic (exact) mass is 411 g/mol. The maximum Gasteiger partial charge on any atom is 0.339 e. The van der Waals surface area contributed by atoms with Crippen LogP contribution in [-0.2, 0) is 22.4 Å². The summed E-state index contributed by atoms with van der Waals surface area (Å²) in [5.41, 5.74) is 8.13. The molecule has 1 aliphatic rings. The highest BCUT2D eigenvalue weighted by atomic mass is 16.5. The van der Waals surface area contributed by atoms with Crippen LogP contribution < -0.4 is 11.1 Å². The molecular formula is C23H29N3O4. The highest BCUT2D eigenvalue weighted by Gasteiger charge is 2.35. The van der Waals surface area contributed by atoms with E-state index in [4.69, 9.17) is 15.5 Å². The Morgan fingerprint density at radius 2 is 2.00 bits per heavy atom. The summed E-state index contributed by atoms with van der Waals surface area (Å²) in [7, 11) is 0. The third-order valence-corrected chi connectivity index (χ3v) is 6.38. The summed E-state index contributed by atoms with van der Waals surface area (Å²) in [6, 6.07) is 6.47. The van der Waals surface area contributed by atoms with E-state index in [0.29, 0.717) is 16.9 Å². The Morgan fingerprint density at radius 1 is 1.30 bits per heavy atom. The molecule has 1 aliphatic carbocycles. The molecule has 0 bridgehead atoms. The number of nitrogens with zero attached hydrogens (tertiary/aromatic N) is 1. The molecular weight excluding hydrogens is 382 g/mol. The third-order valence-electron chi connectivity index (χ3n) is 6.38. The van der Waals surface area contributed by atoms with E-state index < -0.39 is 24.0 Å². The first-order valence-electron chi connectivity index (χ1n) is 10.4. The number of fused-ring (bicyclic) bond motifs is 2. The van der Waals surface area contributed by atoms with E-state index in [9.17, 15) is 14.4 Å². The van der Waals surface area contributed by atoms with Crippen LogP contribution in [0.3, 0.4) is 0 Å². The Morgan fingerprint density at radius 3 is 2.67 bits per heavy atom. The lowest BCUT2D eigenvalue weighted by molar-refractivity contribution is -0.127. The van der Waals surface area contributed by atoms with Crippen molar-refractivity contribution in [1.82, 2.24) is 10.3 Å². The highest BCUT2D eigenvalue weighted by Crippen LogP contribution is 2.41. The minimum atomic E-state index is -1.15. The number of aryl methyl sites for hydroxylation is 1. The van der Waals surface area contributed by atoms with Crippen LogP contribution in [0.2, 0.25) is 0 Å². The van der Waals surface area contributed by atoms with Gasteiger partial charge in [0.1, 0.15) is 0 Å². The van der Waals surface area contributed by atoms with Crippen LogP contribution in [0.5, 0.6) is 0 Å². The summed E-state index contributed by atoms with van der Waals surface area (Å²) in [6.45, 7) is 8.11. The number of hydrogen-bond acceptors (Lipinski definition) is 5. The Balaban J connectivity index is 2.02. The van der Waals surface area contributed by atoms with Gasteiger partial charge in [0.15, 0.2) is 6.10 Å². The number of rotatable bonds is 5. The van der Waals surface area contributed by atoms with Crippen molar-refractivity contribution in [3.63, 3.8) is 0 Å². The van der Waals surface area contributed by atoms with Crippen LogP contribution in [0.15, 0.2) is 24.3 Å². The summed E-state index contributed by atoms with van der Waals surface area (Å²) in [6.07, 6.45) is 2.44. The van der Waals surface area contributed by atoms with E-state index in [1.807, 2.05) is 29.6 Å². The van der Waals surface area contributed by atoms with Gasteiger partial charge in [-0.25, -0.2) is 9.59 Å². The zero-order valence-corrected chi connectivity index (χ0v) is 18.0. The molecule has 1 aromatic carbocycles. The first-order chi connectivity index (χ1) is 14.1. The number of nitrogens with one attached hydrogen (secondary N) is 1. The fourth-order valence-electron chi connectivity index (χ4n) is 4.07. The molecule has 0 unspecified atom stereocenters. The molecule has 1 aromatic heterocycles. The van der Waals surface area contributed by atoms with Crippen molar-refractivity contribution in [3.05, 3.63) is 41.1 Å². The molecule has 2 atom stereocenters. The van der Waals surface area contributed by atoms with Gasteiger partial charge in [-0.3, -0.25) is 15.1 Å². The van der Waals surface area contributed by atoms with Gasteiger partial charge in [0.2, 0.25) is 0 Å². The van der Waals surface area contributed by atoms with Gasteiger partial charge < -0.3 is 10.5 Å². The number of pyridine rings is 1. The van der Waals surface area contributed by atoms with Crippen LogP contribution in [0.25, 0.3) is 10.9 Å². The second-order valence-corrected chi connectivity index (χ2v) is 8.61. The molecule has 3 N–H and O–H groups in total. The topological polar surface area (TPSA) is 111 Å². The fraction of sp³-hybridized carbons (Fsp3) is 0.478. The van der Waals surface area contributed by atoms with Crippen molar-refractivity contribution in [2.24, 2.45) is 17.1 Å². The first-order valence-corrected chi connectivity index (χ1v) is 10.4. The van der Waals surface area contributed by atoms with E-state index in [0.717, 1.165) is 42.5 Å². The Hall–Kier alpha value is -2.96. The number of amides is 3. The molecule has 3 rings (SSSR count). The maximum atomic E-state index is 13.2. The molecule has 0 saturated heterocycles. The molecule has 0 radical (unpaired) electrons. The number of ether oxygens (including phenoxy) is 1. The number of nitrogens with two attached hydrogens (primary N) is 1. The lowest BCUT2D eigenvalue weighted by Crippen LogP contribution is -2.42. The fourth-order valence-corrected chi connectivity index (χ4v) is 4.07. The molecule has 1 heterocycles. The average molecular weight is 412 g/mol. The molecule has 0 spiro atoms. The zero-order valence-electron chi connectivity index (χ0n) is 18.0. The second-order valence-electron chi connectivity index (χ2n) is 8.61. The van der Waals surface area contributed by atoms with Crippen molar-refractivity contribution >= 4 is 28.8 Å².